The Labute approximate surface area is 109 Å². The first kappa shape index (κ1) is 15.0. The van der Waals surface area contributed by atoms with Crippen LogP contribution in [-0.2, 0) is 14.3 Å². The van der Waals surface area contributed by atoms with Gasteiger partial charge in [-0.2, -0.15) is 0 Å². The van der Waals surface area contributed by atoms with Gasteiger partial charge in [-0.1, -0.05) is 45.4 Å². The van der Waals surface area contributed by atoms with Crippen molar-refractivity contribution in [2.75, 3.05) is 6.61 Å². The van der Waals surface area contributed by atoms with Crippen molar-refractivity contribution in [1.29, 1.82) is 0 Å². The predicted molar refractivity (Wildman–Crippen MR) is 70.1 cm³/mol. The van der Waals surface area contributed by atoms with E-state index in [2.05, 4.69) is 12.2 Å². The second-order valence-corrected chi connectivity index (χ2v) is 4.95. The first-order chi connectivity index (χ1) is 8.74. The maximum atomic E-state index is 11.6. The Hall–Kier alpha value is -1.06. The van der Waals surface area contributed by atoms with Crippen molar-refractivity contribution in [3.05, 3.63) is 0 Å². The SMILES string of the molecule is CCCCCCCCCC(=O)N[C@@H]1CCOC1=O. The molecule has 0 radical (unpaired) electrons. The van der Waals surface area contributed by atoms with Crippen LogP contribution in [0, 0.1) is 0 Å². The van der Waals surface area contributed by atoms with Gasteiger partial charge >= 0.3 is 5.97 Å². The molecule has 0 saturated carbocycles. The van der Waals surface area contributed by atoms with Crippen LogP contribution in [0.5, 0.6) is 0 Å². The Bertz CT molecular complexity index is 266. The fraction of sp³-hybridized carbons (Fsp3) is 0.857. The molecule has 0 spiro atoms. The molecule has 0 bridgehead atoms. The highest BCUT2D eigenvalue weighted by molar-refractivity contribution is 5.85. The summed E-state index contributed by atoms with van der Waals surface area (Å²) in [5, 5.41) is 2.73. The number of carbonyl (C=O) groups excluding carboxylic acids is 2. The van der Waals surface area contributed by atoms with Crippen molar-refractivity contribution >= 4 is 11.9 Å². The highest BCUT2D eigenvalue weighted by atomic mass is 16.5. The average Bonchev–Trinajstić information content (AvgIpc) is 2.74. The number of carbonyl (C=O) groups is 2. The summed E-state index contributed by atoms with van der Waals surface area (Å²) in [6, 6.07) is -0.401. The summed E-state index contributed by atoms with van der Waals surface area (Å²) in [4.78, 5) is 22.7. The van der Waals surface area contributed by atoms with Crippen molar-refractivity contribution < 1.29 is 14.3 Å². The van der Waals surface area contributed by atoms with Crippen molar-refractivity contribution in [3.63, 3.8) is 0 Å². The van der Waals surface area contributed by atoms with Gasteiger partial charge in [0, 0.05) is 12.8 Å². The third-order valence-corrected chi connectivity index (χ3v) is 3.28. The van der Waals surface area contributed by atoms with Crippen LogP contribution >= 0.6 is 0 Å². The van der Waals surface area contributed by atoms with Crippen LogP contribution in [0.15, 0.2) is 0 Å². The highest BCUT2D eigenvalue weighted by Crippen LogP contribution is 2.09. The molecule has 0 aliphatic carbocycles. The van der Waals surface area contributed by atoms with Gasteiger partial charge in [0.05, 0.1) is 6.61 Å². The number of esters is 1. The van der Waals surface area contributed by atoms with Gasteiger partial charge < -0.3 is 10.1 Å². The minimum absolute atomic E-state index is 0.0209. The molecule has 4 heteroatoms. The average molecular weight is 255 g/mol. The molecule has 104 valence electrons. The lowest BCUT2D eigenvalue weighted by molar-refractivity contribution is -0.141. The summed E-state index contributed by atoms with van der Waals surface area (Å²) in [6.07, 6.45) is 9.51. The molecule has 1 rings (SSSR count). The largest absolute Gasteiger partial charge is 0.464 e. The van der Waals surface area contributed by atoms with Gasteiger partial charge in [-0.3, -0.25) is 4.79 Å². The maximum Gasteiger partial charge on any atom is 0.328 e. The summed E-state index contributed by atoms with van der Waals surface area (Å²) in [6.45, 7) is 2.64. The van der Waals surface area contributed by atoms with Crippen molar-refractivity contribution in [2.24, 2.45) is 0 Å². The number of nitrogens with one attached hydrogen (secondary N) is 1. The molecule has 1 saturated heterocycles. The van der Waals surface area contributed by atoms with Crippen LogP contribution in [0.3, 0.4) is 0 Å². The lowest BCUT2D eigenvalue weighted by atomic mass is 10.1. The van der Waals surface area contributed by atoms with Crippen molar-refractivity contribution in [2.45, 2.75) is 70.8 Å². The van der Waals surface area contributed by atoms with Gasteiger partial charge in [0.1, 0.15) is 6.04 Å². The monoisotopic (exact) mass is 255 g/mol. The Morgan fingerprint density at radius 1 is 1.22 bits per heavy atom. The van der Waals surface area contributed by atoms with Crippen LogP contribution in [0.4, 0.5) is 0 Å². The van der Waals surface area contributed by atoms with Crippen molar-refractivity contribution in [3.8, 4) is 0 Å². The van der Waals surface area contributed by atoms with E-state index in [4.69, 9.17) is 4.74 Å². The van der Waals surface area contributed by atoms with Crippen LogP contribution < -0.4 is 5.32 Å². The first-order valence-electron chi connectivity index (χ1n) is 7.20. The zero-order chi connectivity index (χ0) is 13.2. The van der Waals surface area contributed by atoms with E-state index in [0.717, 1.165) is 12.8 Å². The number of cyclic esters (lactones) is 1. The smallest absolute Gasteiger partial charge is 0.328 e. The number of hydrogen-bond acceptors (Lipinski definition) is 3. The van der Waals surface area contributed by atoms with Crippen LogP contribution in [0.2, 0.25) is 0 Å². The van der Waals surface area contributed by atoms with Gasteiger partial charge in [0.15, 0.2) is 0 Å². The van der Waals surface area contributed by atoms with Gasteiger partial charge in [-0.25, -0.2) is 4.79 Å². The Balaban J connectivity index is 1.95. The molecule has 1 amide bonds. The molecule has 1 heterocycles. The Morgan fingerprint density at radius 3 is 2.50 bits per heavy atom. The summed E-state index contributed by atoms with van der Waals surface area (Å²) in [5.74, 6) is -0.310. The fourth-order valence-corrected chi connectivity index (χ4v) is 2.14. The van der Waals surface area contributed by atoms with Crippen LogP contribution in [-0.4, -0.2) is 24.5 Å². The maximum absolute atomic E-state index is 11.6. The molecule has 4 nitrogen and oxygen atoms in total. The van der Waals surface area contributed by atoms with E-state index in [1.54, 1.807) is 0 Å². The van der Waals surface area contributed by atoms with E-state index in [9.17, 15) is 9.59 Å². The number of unbranched alkanes of at least 4 members (excludes halogenated alkanes) is 6. The lowest BCUT2D eigenvalue weighted by Gasteiger charge is -2.08. The Kier molecular flexibility index (Phi) is 7.46. The Morgan fingerprint density at radius 2 is 1.89 bits per heavy atom. The molecule has 1 aliphatic rings. The molecular weight excluding hydrogens is 230 g/mol. The number of ether oxygens (including phenoxy) is 1. The minimum atomic E-state index is -0.401. The molecule has 0 aromatic carbocycles. The van der Waals surface area contributed by atoms with Crippen LogP contribution in [0.1, 0.15) is 64.7 Å². The zero-order valence-electron chi connectivity index (χ0n) is 11.4. The van der Waals surface area contributed by atoms with E-state index in [1.807, 2.05) is 0 Å². The second-order valence-electron chi connectivity index (χ2n) is 4.95. The highest BCUT2D eigenvalue weighted by Gasteiger charge is 2.27. The fourth-order valence-electron chi connectivity index (χ4n) is 2.14. The van der Waals surface area contributed by atoms with Gasteiger partial charge in [0.2, 0.25) is 5.91 Å². The van der Waals surface area contributed by atoms with E-state index < -0.39 is 6.04 Å². The number of amides is 1. The summed E-state index contributed by atoms with van der Waals surface area (Å²) in [5.41, 5.74) is 0. The van der Waals surface area contributed by atoms with Gasteiger partial charge in [-0.05, 0) is 6.42 Å². The summed E-state index contributed by atoms with van der Waals surface area (Å²) in [7, 11) is 0. The molecular formula is C14H25NO3. The third-order valence-electron chi connectivity index (χ3n) is 3.28. The van der Waals surface area contributed by atoms with E-state index in [1.165, 1.54) is 32.1 Å². The van der Waals surface area contributed by atoms with Crippen LogP contribution in [0.25, 0.3) is 0 Å². The molecule has 0 unspecified atom stereocenters. The standard InChI is InChI=1S/C14H25NO3/c1-2-3-4-5-6-7-8-9-13(16)15-12-10-11-18-14(12)17/h12H,2-11H2,1H3,(H,15,16)/t12-/m1/s1. The van der Waals surface area contributed by atoms with Gasteiger partial charge in [-0.15, -0.1) is 0 Å². The molecule has 0 aromatic heterocycles. The van der Waals surface area contributed by atoms with E-state index in [0.29, 0.717) is 19.4 Å². The molecule has 1 aliphatic heterocycles. The quantitative estimate of drug-likeness (QED) is 0.509. The molecule has 1 fully saturated rings. The normalized spacial score (nSPS) is 18.7. The number of hydrogen-bond donors (Lipinski definition) is 1. The lowest BCUT2D eigenvalue weighted by Crippen LogP contribution is -2.37. The molecule has 1 atom stereocenters. The molecule has 1 N–H and O–H groups in total. The predicted octanol–water partition coefficient (Wildman–Crippen LogP) is 2.56. The van der Waals surface area contributed by atoms with Gasteiger partial charge in [0.25, 0.3) is 0 Å². The van der Waals surface area contributed by atoms with E-state index in [-0.39, 0.29) is 11.9 Å². The number of rotatable bonds is 9. The first-order valence-corrected chi connectivity index (χ1v) is 7.20. The second kappa shape index (κ2) is 8.95. The minimum Gasteiger partial charge on any atom is -0.464 e. The zero-order valence-corrected chi connectivity index (χ0v) is 11.4. The summed E-state index contributed by atoms with van der Waals surface area (Å²) < 4.78 is 4.79. The topological polar surface area (TPSA) is 55.4 Å². The summed E-state index contributed by atoms with van der Waals surface area (Å²) >= 11 is 0. The van der Waals surface area contributed by atoms with E-state index >= 15 is 0 Å². The van der Waals surface area contributed by atoms with Crippen molar-refractivity contribution in [1.82, 2.24) is 5.32 Å². The third kappa shape index (κ3) is 6.03. The molecule has 0 aromatic rings. The molecule has 18 heavy (non-hydrogen) atoms.